The van der Waals surface area contributed by atoms with Crippen molar-refractivity contribution in [3.05, 3.63) is 58.5 Å². The first-order chi connectivity index (χ1) is 9.58. The van der Waals surface area contributed by atoms with Gasteiger partial charge in [0.25, 0.3) is 5.56 Å². The standard InChI is InChI=1S/C15H17N3O2/c1-2-11-3-6-13(7-4-11)17-14(19)10-18-9-12(16)5-8-15(18)20/h3-9H,2,10,16H2,1H3,(H,17,19). The van der Waals surface area contributed by atoms with E-state index in [2.05, 4.69) is 12.2 Å². The zero-order valence-electron chi connectivity index (χ0n) is 11.3. The predicted molar refractivity (Wildman–Crippen MR) is 79.6 cm³/mol. The van der Waals surface area contributed by atoms with E-state index in [0.29, 0.717) is 11.4 Å². The number of aryl methyl sites for hydroxylation is 1. The topological polar surface area (TPSA) is 77.1 Å². The van der Waals surface area contributed by atoms with Gasteiger partial charge < -0.3 is 15.6 Å². The van der Waals surface area contributed by atoms with Gasteiger partial charge in [-0.05, 0) is 30.2 Å². The molecule has 0 saturated carbocycles. The Morgan fingerprint density at radius 3 is 2.55 bits per heavy atom. The summed E-state index contributed by atoms with van der Waals surface area (Å²) in [6.07, 6.45) is 2.41. The van der Waals surface area contributed by atoms with Crippen molar-refractivity contribution in [2.45, 2.75) is 19.9 Å². The summed E-state index contributed by atoms with van der Waals surface area (Å²) in [5.41, 5.74) is 7.71. The normalized spacial score (nSPS) is 10.2. The molecule has 20 heavy (non-hydrogen) atoms. The van der Waals surface area contributed by atoms with Crippen LogP contribution in [0.3, 0.4) is 0 Å². The number of carbonyl (C=O) groups excluding carboxylic acids is 1. The first-order valence-electron chi connectivity index (χ1n) is 6.43. The second-order valence-electron chi connectivity index (χ2n) is 4.53. The quantitative estimate of drug-likeness (QED) is 0.887. The SMILES string of the molecule is CCc1ccc(NC(=O)Cn2cc(N)ccc2=O)cc1. The number of carbonyl (C=O) groups is 1. The van der Waals surface area contributed by atoms with Gasteiger partial charge in [-0.3, -0.25) is 9.59 Å². The number of nitrogen functional groups attached to an aromatic ring is 1. The molecule has 5 nitrogen and oxygen atoms in total. The van der Waals surface area contributed by atoms with Gasteiger partial charge in [-0.25, -0.2) is 0 Å². The van der Waals surface area contributed by atoms with E-state index in [4.69, 9.17) is 5.73 Å². The number of nitrogens with two attached hydrogens (primary N) is 1. The van der Waals surface area contributed by atoms with Crippen molar-refractivity contribution in [2.24, 2.45) is 0 Å². The van der Waals surface area contributed by atoms with E-state index in [1.165, 1.54) is 28.5 Å². The van der Waals surface area contributed by atoms with Gasteiger partial charge in [0, 0.05) is 23.6 Å². The van der Waals surface area contributed by atoms with Gasteiger partial charge in [-0.2, -0.15) is 0 Å². The summed E-state index contributed by atoms with van der Waals surface area (Å²) >= 11 is 0. The predicted octanol–water partition coefficient (Wildman–Crippen LogP) is 1.63. The summed E-state index contributed by atoms with van der Waals surface area (Å²) in [5, 5.41) is 2.75. The van der Waals surface area contributed by atoms with Crippen molar-refractivity contribution < 1.29 is 4.79 Å². The van der Waals surface area contributed by atoms with Crippen molar-refractivity contribution in [1.82, 2.24) is 4.57 Å². The fourth-order valence-corrected chi connectivity index (χ4v) is 1.85. The monoisotopic (exact) mass is 271 g/mol. The number of hydrogen-bond donors (Lipinski definition) is 2. The number of amides is 1. The number of nitrogens with one attached hydrogen (secondary N) is 1. The van der Waals surface area contributed by atoms with Crippen molar-refractivity contribution in [3.8, 4) is 0 Å². The fraction of sp³-hybridized carbons (Fsp3) is 0.200. The van der Waals surface area contributed by atoms with E-state index >= 15 is 0 Å². The fourth-order valence-electron chi connectivity index (χ4n) is 1.85. The Kier molecular flexibility index (Phi) is 4.20. The van der Waals surface area contributed by atoms with Gasteiger partial charge in [0.15, 0.2) is 0 Å². The number of hydrogen-bond acceptors (Lipinski definition) is 3. The molecule has 0 saturated heterocycles. The van der Waals surface area contributed by atoms with Crippen LogP contribution in [0.5, 0.6) is 0 Å². The van der Waals surface area contributed by atoms with E-state index in [0.717, 1.165) is 6.42 Å². The summed E-state index contributed by atoms with van der Waals surface area (Å²) < 4.78 is 1.28. The van der Waals surface area contributed by atoms with Crippen LogP contribution in [-0.4, -0.2) is 10.5 Å². The molecular formula is C15H17N3O2. The Morgan fingerprint density at radius 1 is 1.20 bits per heavy atom. The Bertz CT molecular complexity index is 660. The number of benzene rings is 1. The van der Waals surface area contributed by atoms with E-state index in [9.17, 15) is 9.59 Å². The molecule has 0 radical (unpaired) electrons. The molecule has 3 N–H and O–H groups in total. The number of rotatable bonds is 4. The molecule has 0 bridgehead atoms. The van der Waals surface area contributed by atoms with E-state index in [1.54, 1.807) is 0 Å². The molecule has 0 aliphatic rings. The van der Waals surface area contributed by atoms with E-state index in [-0.39, 0.29) is 18.0 Å². The third-order valence-corrected chi connectivity index (χ3v) is 2.97. The smallest absolute Gasteiger partial charge is 0.251 e. The van der Waals surface area contributed by atoms with Crippen LogP contribution in [0.4, 0.5) is 11.4 Å². The highest BCUT2D eigenvalue weighted by molar-refractivity contribution is 5.90. The maximum atomic E-state index is 11.9. The van der Waals surface area contributed by atoms with E-state index < -0.39 is 0 Å². The zero-order chi connectivity index (χ0) is 14.5. The van der Waals surface area contributed by atoms with Gasteiger partial charge in [0.1, 0.15) is 6.54 Å². The van der Waals surface area contributed by atoms with Crippen LogP contribution in [0.15, 0.2) is 47.4 Å². The zero-order valence-corrected chi connectivity index (χ0v) is 11.3. The molecule has 2 rings (SSSR count). The molecule has 104 valence electrons. The largest absolute Gasteiger partial charge is 0.398 e. The molecule has 5 heteroatoms. The molecular weight excluding hydrogens is 254 g/mol. The minimum atomic E-state index is -0.262. The molecule has 0 unspecified atom stereocenters. The number of aromatic nitrogens is 1. The molecule has 0 aliphatic heterocycles. The lowest BCUT2D eigenvalue weighted by Gasteiger charge is -2.08. The number of pyridine rings is 1. The highest BCUT2D eigenvalue weighted by Gasteiger charge is 2.05. The van der Waals surface area contributed by atoms with Crippen molar-refractivity contribution in [1.29, 1.82) is 0 Å². The average molecular weight is 271 g/mol. The highest BCUT2D eigenvalue weighted by Crippen LogP contribution is 2.10. The highest BCUT2D eigenvalue weighted by atomic mass is 16.2. The van der Waals surface area contributed by atoms with Crippen molar-refractivity contribution in [3.63, 3.8) is 0 Å². The van der Waals surface area contributed by atoms with Crippen LogP contribution < -0.4 is 16.6 Å². The molecule has 1 amide bonds. The average Bonchev–Trinajstić information content (AvgIpc) is 2.43. The Balaban J connectivity index is 2.04. The lowest BCUT2D eigenvalue weighted by atomic mass is 10.1. The molecule has 0 aliphatic carbocycles. The van der Waals surface area contributed by atoms with Crippen LogP contribution in [0, 0.1) is 0 Å². The van der Waals surface area contributed by atoms with Gasteiger partial charge in [0.2, 0.25) is 5.91 Å². The Morgan fingerprint density at radius 2 is 1.90 bits per heavy atom. The van der Waals surface area contributed by atoms with Gasteiger partial charge >= 0.3 is 0 Å². The first-order valence-corrected chi connectivity index (χ1v) is 6.43. The molecule has 1 heterocycles. The van der Waals surface area contributed by atoms with Crippen LogP contribution in [0.1, 0.15) is 12.5 Å². The van der Waals surface area contributed by atoms with Crippen LogP contribution >= 0.6 is 0 Å². The van der Waals surface area contributed by atoms with Gasteiger partial charge in [-0.1, -0.05) is 19.1 Å². The van der Waals surface area contributed by atoms with Crippen molar-refractivity contribution in [2.75, 3.05) is 11.1 Å². The van der Waals surface area contributed by atoms with Crippen LogP contribution in [0.25, 0.3) is 0 Å². The summed E-state index contributed by atoms with van der Waals surface area (Å²) in [5.74, 6) is -0.262. The Labute approximate surface area is 117 Å². The second kappa shape index (κ2) is 6.06. The molecule has 1 aromatic heterocycles. The minimum Gasteiger partial charge on any atom is -0.398 e. The molecule has 0 atom stereocenters. The summed E-state index contributed by atoms with van der Waals surface area (Å²) in [7, 11) is 0. The maximum absolute atomic E-state index is 11.9. The first kappa shape index (κ1) is 13.9. The third kappa shape index (κ3) is 3.47. The van der Waals surface area contributed by atoms with Crippen LogP contribution in [0.2, 0.25) is 0 Å². The van der Waals surface area contributed by atoms with Gasteiger partial charge in [-0.15, -0.1) is 0 Å². The summed E-state index contributed by atoms with van der Waals surface area (Å²) in [4.78, 5) is 23.5. The second-order valence-corrected chi connectivity index (χ2v) is 4.53. The number of nitrogens with zero attached hydrogens (tertiary/aromatic N) is 1. The van der Waals surface area contributed by atoms with E-state index in [1.807, 2.05) is 24.3 Å². The number of anilines is 2. The lowest BCUT2D eigenvalue weighted by Crippen LogP contribution is -2.27. The minimum absolute atomic E-state index is 0.0561. The third-order valence-electron chi connectivity index (χ3n) is 2.97. The molecule has 0 spiro atoms. The summed E-state index contributed by atoms with van der Waals surface area (Å²) in [6, 6.07) is 10.5. The van der Waals surface area contributed by atoms with Gasteiger partial charge in [0.05, 0.1) is 0 Å². The summed E-state index contributed by atoms with van der Waals surface area (Å²) in [6.45, 7) is 2.01. The molecule has 0 fully saturated rings. The molecule has 1 aromatic carbocycles. The Hall–Kier alpha value is -2.56. The van der Waals surface area contributed by atoms with Crippen molar-refractivity contribution >= 4 is 17.3 Å². The van der Waals surface area contributed by atoms with Crippen LogP contribution in [-0.2, 0) is 17.8 Å². The molecule has 2 aromatic rings. The lowest BCUT2D eigenvalue weighted by molar-refractivity contribution is -0.116. The maximum Gasteiger partial charge on any atom is 0.251 e.